The predicted octanol–water partition coefficient (Wildman–Crippen LogP) is 1.67. The lowest BCUT2D eigenvalue weighted by molar-refractivity contribution is 0.674. The molecule has 0 aromatic carbocycles. The van der Waals surface area contributed by atoms with E-state index in [1.807, 2.05) is 31.3 Å². The fourth-order valence-corrected chi connectivity index (χ4v) is 2.50. The highest BCUT2D eigenvalue weighted by Crippen LogP contribution is 2.33. The second-order valence-electron chi connectivity index (χ2n) is 5.10. The Labute approximate surface area is 118 Å². The van der Waals surface area contributed by atoms with Crippen LogP contribution < -0.4 is 9.80 Å². The summed E-state index contributed by atoms with van der Waals surface area (Å²) in [5, 5.41) is 0. The Balaban J connectivity index is 1.91. The average molecular weight is 270 g/mol. The molecule has 1 atom stereocenters. The molecule has 3 rings (SSSR count). The molecular formula is C14H18N6. The van der Waals surface area contributed by atoms with E-state index >= 15 is 0 Å². The van der Waals surface area contributed by atoms with Crippen molar-refractivity contribution in [3.05, 3.63) is 36.5 Å². The summed E-state index contributed by atoms with van der Waals surface area (Å²) < 4.78 is 0. The highest BCUT2D eigenvalue weighted by atomic mass is 15.3. The van der Waals surface area contributed by atoms with Crippen molar-refractivity contribution in [2.45, 2.75) is 18.9 Å². The van der Waals surface area contributed by atoms with Crippen molar-refractivity contribution in [3.63, 3.8) is 0 Å². The molecule has 0 amide bonds. The minimum atomic E-state index is 0.213. The van der Waals surface area contributed by atoms with Crippen LogP contribution in [0.5, 0.6) is 0 Å². The third-order valence-electron chi connectivity index (χ3n) is 3.50. The largest absolute Gasteiger partial charge is 0.361 e. The Morgan fingerprint density at radius 3 is 2.75 bits per heavy atom. The molecule has 20 heavy (non-hydrogen) atoms. The van der Waals surface area contributed by atoms with Crippen molar-refractivity contribution >= 4 is 11.8 Å². The van der Waals surface area contributed by atoms with Gasteiger partial charge in [0.25, 0.3) is 0 Å². The van der Waals surface area contributed by atoms with E-state index in [4.69, 9.17) is 4.98 Å². The summed E-state index contributed by atoms with van der Waals surface area (Å²) in [6, 6.07) is 2.05. The first-order chi connectivity index (χ1) is 9.75. The summed E-state index contributed by atoms with van der Waals surface area (Å²) in [4.78, 5) is 21.9. The van der Waals surface area contributed by atoms with Gasteiger partial charge < -0.3 is 9.80 Å². The van der Waals surface area contributed by atoms with Gasteiger partial charge in [-0.1, -0.05) is 0 Å². The molecule has 0 radical (unpaired) electrons. The van der Waals surface area contributed by atoms with E-state index in [0.717, 1.165) is 36.8 Å². The van der Waals surface area contributed by atoms with Crippen LogP contribution in [0.2, 0.25) is 0 Å². The summed E-state index contributed by atoms with van der Waals surface area (Å²) in [6.07, 6.45) is 9.36. The van der Waals surface area contributed by atoms with Crippen LogP contribution in [-0.4, -0.2) is 40.6 Å². The van der Waals surface area contributed by atoms with Gasteiger partial charge in [0.2, 0.25) is 5.95 Å². The molecule has 0 spiro atoms. The standard InChI is InChI=1S/C14H18N6/c1-19(2)13-10-15-9-11(18-13)12-5-3-8-20(12)14-16-6-4-7-17-14/h4,6-7,9-10,12H,3,5,8H2,1-2H3. The quantitative estimate of drug-likeness (QED) is 0.845. The lowest BCUT2D eigenvalue weighted by atomic mass is 10.1. The number of anilines is 2. The van der Waals surface area contributed by atoms with Crippen LogP contribution in [0, 0.1) is 0 Å². The van der Waals surface area contributed by atoms with Crippen molar-refractivity contribution in [1.29, 1.82) is 0 Å². The van der Waals surface area contributed by atoms with E-state index in [0.29, 0.717) is 0 Å². The molecule has 0 saturated carbocycles. The lowest BCUT2D eigenvalue weighted by Gasteiger charge is -2.24. The maximum Gasteiger partial charge on any atom is 0.225 e. The Bertz CT molecular complexity index is 571. The Hall–Kier alpha value is -2.24. The number of hydrogen-bond donors (Lipinski definition) is 0. The fraction of sp³-hybridized carbons (Fsp3) is 0.429. The van der Waals surface area contributed by atoms with E-state index in [-0.39, 0.29) is 6.04 Å². The van der Waals surface area contributed by atoms with Gasteiger partial charge in [-0.05, 0) is 18.9 Å². The molecule has 1 saturated heterocycles. The molecule has 2 aromatic rings. The zero-order valence-electron chi connectivity index (χ0n) is 11.8. The van der Waals surface area contributed by atoms with Crippen LogP contribution >= 0.6 is 0 Å². The first kappa shape index (κ1) is 12.8. The topological polar surface area (TPSA) is 58.0 Å². The molecule has 0 aliphatic carbocycles. The van der Waals surface area contributed by atoms with E-state index in [1.54, 1.807) is 18.6 Å². The molecule has 104 valence electrons. The SMILES string of the molecule is CN(C)c1cncc(C2CCCN2c2ncccn2)n1. The highest BCUT2D eigenvalue weighted by Gasteiger charge is 2.29. The second-order valence-corrected chi connectivity index (χ2v) is 5.10. The minimum absolute atomic E-state index is 0.213. The first-order valence-corrected chi connectivity index (χ1v) is 6.78. The van der Waals surface area contributed by atoms with Crippen LogP contribution in [0.15, 0.2) is 30.9 Å². The Morgan fingerprint density at radius 2 is 2.00 bits per heavy atom. The highest BCUT2D eigenvalue weighted by molar-refractivity contribution is 5.39. The molecule has 6 nitrogen and oxygen atoms in total. The molecule has 2 aromatic heterocycles. The average Bonchev–Trinajstić information content (AvgIpc) is 2.98. The molecule has 3 heterocycles. The minimum Gasteiger partial charge on any atom is -0.361 e. The third kappa shape index (κ3) is 2.41. The van der Waals surface area contributed by atoms with Crippen molar-refractivity contribution in [2.24, 2.45) is 0 Å². The van der Waals surface area contributed by atoms with Crippen molar-refractivity contribution < 1.29 is 0 Å². The smallest absolute Gasteiger partial charge is 0.225 e. The zero-order chi connectivity index (χ0) is 13.9. The van der Waals surface area contributed by atoms with Gasteiger partial charge in [0.05, 0.1) is 24.1 Å². The molecule has 0 N–H and O–H groups in total. The maximum atomic E-state index is 4.70. The van der Waals surface area contributed by atoms with E-state index in [2.05, 4.69) is 19.9 Å². The first-order valence-electron chi connectivity index (χ1n) is 6.78. The van der Waals surface area contributed by atoms with Gasteiger partial charge in [-0.2, -0.15) is 0 Å². The Kier molecular flexibility index (Phi) is 3.45. The predicted molar refractivity (Wildman–Crippen MR) is 77.7 cm³/mol. The monoisotopic (exact) mass is 270 g/mol. The zero-order valence-corrected chi connectivity index (χ0v) is 11.8. The normalized spacial score (nSPS) is 18.3. The van der Waals surface area contributed by atoms with Gasteiger partial charge >= 0.3 is 0 Å². The van der Waals surface area contributed by atoms with Gasteiger partial charge in [0.1, 0.15) is 5.82 Å². The van der Waals surface area contributed by atoms with Gasteiger partial charge in [-0.3, -0.25) is 4.98 Å². The molecular weight excluding hydrogens is 252 g/mol. The van der Waals surface area contributed by atoms with Crippen LogP contribution in [0.25, 0.3) is 0 Å². The third-order valence-corrected chi connectivity index (χ3v) is 3.50. The summed E-state index contributed by atoms with van der Waals surface area (Å²) in [7, 11) is 3.95. The molecule has 0 bridgehead atoms. The van der Waals surface area contributed by atoms with Gasteiger partial charge in [0.15, 0.2) is 0 Å². The van der Waals surface area contributed by atoms with Crippen LogP contribution in [0.3, 0.4) is 0 Å². The van der Waals surface area contributed by atoms with Gasteiger partial charge in [-0.25, -0.2) is 15.0 Å². The van der Waals surface area contributed by atoms with Crippen LogP contribution in [0.1, 0.15) is 24.6 Å². The van der Waals surface area contributed by atoms with Crippen LogP contribution in [-0.2, 0) is 0 Å². The van der Waals surface area contributed by atoms with Crippen molar-refractivity contribution in [3.8, 4) is 0 Å². The number of rotatable bonds is 3. The van der Waals surface area contributed by atoms with Gasteiger partial charge in [-0.15, -0.1) is 0 Å². The summed E-state index contributed by atoms with van der Waals surface area (Å²) in [6.45, 7) is 0.961. The summed E-state index contributed by atoms with van der Waals surface area (Å²) in [5.41, 5.74) is 0.987. The molecule has 1 aliphatic rings. The summed E-state index contributed by atoms with van der Waals surface area (Å²) in [5.74, 6) is 1.65. The lowest BCUT2D eigenvalue weighted by Crippen LogP contribution is -2.25. The van der Waals surface area contributed by atoms with E-state index < -0.39 is 0 Å². The Morgan fingerprint density at radius 1 is 1.20 bits per heavy atom. The number of hydrogen-bond acceptors (Lipinski definition) is 6. The second kappa shape index (κ2) is 5.40. The number of nitrogens with zero attached hydrogens (tertiary/aromatic N) is 6. The molecule has 1 aliphatic heterocycles. The van der Waals surface area contributed by atoms with E-state index in [9.17, 15) is 0 Å². The molecule has 6 heteroatoms. The number of aromatic nitrogens is 4. The van der Waals surface area contributed by atoms with Crippen LogP contribution in [0.4, 0.5) is 11.8 Å². The molecule has 1 unspecified atom stereocenters. The van der Waals surface area contributed by atoms with E-state index in [1.165, 1.54) is 0 Å². The fourth-order valence-electron chi connectivity index (χ4n) is 2.50. The summed E-state index contributed by atoms with van der Waals surface area (Å²) >= 11 is 0. The van der Waals surface area contributed by atoms with Crippen molar-refractivity contribution in [1.82, 2.24) is 19.9 Å². The van der Waals surface area contributed by atoms with Crippen molar-refractivity contribution in [2.75, 3.05) is 30.4 Å². The van der Waals surface area contributed by atoms with Gasteiger partial charge in [0, 0.05) is 33.0 Å². The maximum absolute atomic E-state index is 4.70. The molecule has 1 fully saturated rings.